The molecule has 0 saturated carbocycles. The van der Waals surface area contributed by atoms with Crippen LogP contribution in [0.15, 0.2) is 18.3 Å². The van der Waals surface area contributed by atoms with Crippen LogP contribution in [0.1, 0.15) is 13.3 Å². The van der Waals surface area contributed by atoms with Crippen LogP contribution in [0, 0.1) is 5.82 Å². The molecule has 1 N–H and O–H groups in total. The number of anilines is 1. The highest BCUT2D eigenvalue weighted by Gasteiger charge is 2.02. The molecule has 4 heteroatoms. The molecule has 0 aliphatic carbocycles. The summed E-state index contributed by atoms with van der Waals surface area (Å²) in [6, 6.07) is 2.83. The first-order valence-electron chi connectivity index (χ1n) is 4.18. The summed E-state index contributed by atoms with van der Waals surface area (Å²) in [7, 11) is 0. The molecule has 1 aromatic rings. The van der Waals surface area contributed by atoms with Crippen LogP contribution >= 0.6 is 0 Å². The Kier molecular flexibility index (Phi) is 3.61. The van der Waals surface area contributed by atoms with Crippen molar-refractivity contribution in [3.05, 3.63) is 24.1 Å². The molecule has 1 atom stereocenters. The second kappa shape index (κ2) is 4.74. The third kappa shape index (κ3) is 3.36. The molecular weight excluding hydrogens is 174 g/mol. The SMILES string of the molecule is CC(F)CCNc1ncccc1F. The summed E-state index contributed by atoms with van der Waals surface area (Å²) in [5.41, 5.74) is 0. The first-order valence-corrected chi connectivity index (χ1v) is 4.18. The Labute approximate surface area is 76.0 Å². The van der Waals surface area contributed by atoms with Crippen LogP contribution in [0.5, 0.6) is 0 Å². The predicted molar refractivity (Wildman–Crippen MR) is 47.9 cm³/mol. The summed E-state index contributed by atoms with van der Waals surface area (Å²) in [6.07, 6.45) is 0.972. The third-order valence-electron chi connectivity index (χ3n) is 1.59. The van der Waals surface area contributed by atoms with Crippen molar-refractivity contribution in [2.45, 2.75) is 19.5 Å². The topological polar surface area (TPSA) is 24.9 Å². The normalized spacial score (nSPS) is 12.5. The molecule has 13 heavy (non-hydrogen) atoms. The highest BCUT2D eigenvalue weighted by Crippen LogP contribution is 2.08. The van der Waals surface area contributed by atoms with E-state index in [4.69, 9.17) is 0 Å². The zero-order chi connectivity index (χ0) is 9.68. The van der Waals surface area contributed by atoms with Gasteiger partial charge in [-0.05, 0) is 25.5 Å². The third-order valence-corrected chi connectivity index (χ3v) is 1.59. The first kappa shape index (κ1) is 9.89. The van der Waals surface area contributed by atoms with Crippen molar-refractivity contribution in [3.8, 4) is 0 Å². The molecule has 1 aromatic heterocycles. The summed E-state index contributed by atoms with van der Waals surface area (Å²) < 4.78 is 25.2. The van der Waals surface area contributed by atoms with Gasteiger partial charge in [-0.25, -0.2) is 13.8 Å². The summed E-state index contributed by atoms with van der Waals surface area (Å²) in [5.74, 6) is -0.225. The Morgan fingerprint density at radius 3 is 3.00 bits per heavy atom. The molecule has 1 unspecified atom stereocenters. The molecular formula is C9H12F2N2. The number of halogens is 2. The van der Waals surface area contributed by atoms with Gasteiger partial charge in [-0.2, -0.15) is 0 Å². The van der Waals surface area contributed by atoms with E-state index in [0.29, 0.717) is 13.0 Å². The molecule has 0 aliphatic heterocycles. The molecule has 0 fully saturated rings. The Hall–Kier alpha value is -1.19. The smallest absolute Gasteiger partial charge is 0.165 e. The fourth-order valence-corrected chi connectivity index (χ4v) is 0.905. The second-order valence-corrected chi connectivity index (χ2v) is 2.83. The zero-order valence-electron chi connectivity index (χ0n) is 7.43. The maximum atomic E-state index is 12.9. The average molecular weight is 186 g/mol. The molecule has 2 nitrogen and oxygen atoms in total. The van der Waals surface area contributed by atoms with Gasteiger partial charge in [0.25, 0.3) is 0 Å². The summed E-state index contributed by atoms with van der Waals surface area (Å²) >= 11 is 0. The van der Waals surface area contributed by atoms with Gasteiger partial charge >= 0.3 is 0 Å². The number of pyridine rings is 1. The molecule has 1 heterocycles. The van der Waals surface area contributed by atoms with Crippen molar-refractivity contribution in [2.24, 2.45) is 0 Å². The van der Waals surface area contributed by atoms with E-state index in [1.54, 1.807) is 0 Å². The Balaban J connectivity index is 2.41. The maximum Gasteiger partial charge on any atom is 0.165 e. The van der Waals surface area contributed by atoms with Crippen LogP contribution in [0.3, 0.4) is 0 Å². The molecule has 0 aromatic carbocycles. The summed E-state index contributed by atoms with van der Waals surface area (Å²) in [6.45, 7) is 1.86. The molecule has 0 radical (unpaired) electrons. The van der Waals surface area contributed by atoms with Gasteiger partial charge in [0.15, 0.2) is 11.6 Å². The van der Waals surface area contributed by atoms with E-state index in [9.17, 15) is 8.78 Å². The zero-order valence-corrected chi connectivity index (χ0v) is 7.43. The molecule has 72 valence electrons. The minimum atomic E-state index is -0.876. The summed E-state index contributed by atoms with van der Waals surface area (Å²) in [5, 5.41) is 2.72. The highest BCUT2D eigenvalue weighted by molar-refractivity contribution is 5.35. The minimum Gasteiger partial charge on any atom is -0.368 e. The van der Waals surface area contributed by atoms with Crippen LogP contribution in [0.4, 0.5) is 14.6 Å². The summed E-state index contributed by atoms with van der Waals surface area (Å²) in [4.78, 5) is 3.77. The van der Waals surface area contributed by atoms with Gasteiger partial charge in [-0.3, -0.25) is 0 Å². The largest absolute Gasteiger partial charge is 0.368 e. The van der Waals surface area contributed by atoms with E-state index >= 15 is 0 Å². The predicted octanol–water partition coefficient (Wildman–Crippen LogP) is 2.38. The van der Waals surface area contributed by atoms with Crippen molar-refractivity contribution in [1.82, 2.24) is 4.98 Å². The molecule has 0 aliphatic rings. The van der Waals surface area contributed by atoms with E-state index in [1.165, 1.54) is 25.3 Å². The number of hydrogen-bond acceptors (Lipinski definition) is 2. The average Bonchev–Trinajstić information content (AvgIpc) is 2.08. The standard InChI is InChI=1S/C9H12F2N2/c1-7(10)4-6-13-9-8(11)3-2-5-12-9/h2-3,5,7H,4,6H2,1H3,(H,12,13). The maximum absolute atomic E-state index is 12.9. The van der Waals surface area contributed by atoms with Gasteiger partial charge in [0, 0.05) is 12.7 Å². The number of alkyl halides is 1. The molecule has 0 amide bonds. The van der Waals surface area contributed by atoms with E-state index in [2.05, 4.69) is 10.3 Å². The van der Waals surface area contributed by atoms with Crippen molar-refractivity contribution < 1.29 is 8.78 Å². The number of aromatic nitrogens is 1. The number of rotatable bonds is 4. The lowest BCUT2D eigenvalue weighted by molar-refractivity contribution is 0.348. The fourth-order valence-electron chi connectivity index (χ4n) is 0.905. The van der Waals surface area contributed by atoms with E-state index < -0.39 is 12.0 Å². The van der Waals surface area contributed by atoms with Crippen molar-refractivity contribution in [2.75, 3.05) is 11.9 Å². The number of nitrogens with zero attached hydrogens (tertiary/aromatic N) is 1. The van der Waals surface area contributed by atoms with E-state index in [1.807, 2.05) is 0 Å². The van der Waals surface area contributed by atoms with Crippen molar-refractivity contribution in [3.63, 3.8) is 0 Å². The Morgan fingerprint density at radius 2 is 2.38 bits per heavy atom. The Bertz CT molecular complexity index is 264. The van der Waals surface area contributed by atoms with Crippen LogP contribution < -0.4 is 5.32 Å². The molecule has 1 rings (SSSR count). The molecule has 0 bridgehead atoms. The van der Waals surface area contributed by atoms with Gasteiger partial charge in [0.05, 0.1) is 6.17 Å². The minimum absolute atomic E-state index is 0.183. The molecule has 0 saturated heterocycles. The lowest BCUT2D eigenvalue weighted by Gasteiger charge is -2.05. The van der Waals surface area contributed by atoms with Crippen LogP contribution in [0.2, 0.25) is 0 Å². The lowest BCUT2D eigenvalue weighted by Crippen LogP contribution is -2.09. The van der Waals surface area contributed by atoms with Gasteiger partial charge in [0.2, 0.25) is 0 Å². The van der Waals surface area contributed by atoms with Gasteiger partial charge in [0.1, 0.15) is 0 Å². The van der Waals surface area contributed by atoms with Crippen molar-refractivity contribution >= 4 is 5.82 Å². The quantitative estimate of drug-likeness (QED) is 0.780. The second-order valence-electron chi connectivity index (χ2n) is 2.83. The Morgan fingerprint density at radius 1 is 1.62 bits per heavy atom. The number of nitrogens with one attached hydrogen (secondary N) is 1. The van der Waals surface area contributed by atoms with Crippen LogP contribution in [-0.4, -0.2) is 17.7 Å². The van der Waals surface area contributed by atoms with Gasteiger partial charge in [-0.1, -0.05) is 0 Å². The lowest BCUT2D eigenvalue weighted by atomic mass is 10.3. The van der Waals surface area contributed by atoms with Crippen LogP contribution in [-0.2, 0) is 0 Å². The van der Waals surface area contributed by atoms with Gasteiger partial charge in [-0.15, -0.1) is 0 Å². The first-order chi connectivity index (χ1) is 6.20. The van der Waals surface area contributed by atoms with E-state index in [0.717, 1.165) is 0 Å². The van der Waals surface area contributed by atoms with E-state index in [-0.39, 0.29) is 5.82 Å². The number of hydrogen-bond donors (Lipinski definition) is 1. The molecule has 0 spiro atoms. The van der Waals surface area contributed by atoms with Crippen LogP contribution in [0.25, 0.3) is 0 Å². The van der Waals surface area contributed by atoms with Gasteiger partial charge < -0.3 is 5.32 Å². The fraction of sp³-hybridized carbons (Fsp3) is 0.444. The highest BCUT2D eigenvalue weighted by atomic mass is 19.1. The monoisotopic (exact) mass is 186 g/mol. The van der Waals surface area contributed by atoms with Crippen molar-refractivity contribution in [1.29, 1.82) is 0 Å².